The Morgan fingerprint density at radius 2 is 1.77 bits per heavy atom. The number of ether oxygens (including phenoxy) is 1. The zero-order valence-electron chi connectivity index (χ0n) is 18.1. The van der Waals surface area contributed by atoms with Crippen LogP contribution in [0.1, 0.15) is 35.6 Å². The number of carbonyl (C=O) groups is 2. The summed E-state index contributed by atoms with van der Waals surface area (Å²) in [6, 6.07) is 8.78. The van der Waals surface area contributed by atoms with E-state index in [1.807, 2.05) is 26.0 Å². The van der Waals surface area contributed by atoms with Crippen LogP contribution < -0.4 is 0 Å². The summed E-state index contributed by atoms with van der Waals surface area (Å²) in [6.07, 6.45) is -0.735. The van der Waals surface area contributed by atoms with E-state index in [4.69, 9.17) is 4.52 Å². The Morgan fingerprint density at radius 1 is 1.07 bits per heavy atom. The molecule has 0 bridgehead atoms. The lowest BCUT2D eigenvalue weighted by Gasteiger charge is -2.21. The van der Waals surface area contributed by atoms with Gasteiger partial charge in [-0.1, -0.05) is 23.8 Å². The third-order valence-electron chi connectivity index (χ3n) is 4.84. The minimum Gasteiger partial charge on any atom is -0.469 e. The molecule has 1 unspecified atom stereocenters. The van der Waals surface area contributed by atoms with E-state index in [1.165, 1.54) is 13.2 Å². The molecule has 0 N–H and O–H groups in total. The summed E-state index contributed by atoms with van der Waals surface area (Å²) in [4.78, 5) is 23.7. The van der Waals surface area contributed by atoms with Gasteiger partial charge in [0.2, 0.25) is 7.37 Å². The van der Waals surface area contributed by atoms with Crippen LogP contribution in [0.15, 0.2) is 30.3 Å². The molecule has 7 heteroatoms. The lowest BCUT2D eigenvalue weighted by Crippen LogP contribution is -2.15. The Bertz CT molecular complexity index is 999. The van der Waals surface area contributed by atoms with Gasteiger partial charge in [-0.2, -0.15) is 0 Å². The van der Waals surface area contributed by atoms with Crippen LogP contribution in [0.25, 0.3) is 11.1 Å². The number of rotatable bonds is 9. The van der Waals surface area contributed by atoms with E-state index in [2.05, 4.69) is 4.74 Å². The van der Waals surface area contributed by atoms with Crippen molar-refractivity contribution in [1.82, 2.24) is 0 Å². The number of halogens is 1. The summed E-state index contributed by atoms with van der Waals surface area (Å²) in [6.45, 7) is 7.45. The predicted molar refractivity (Wildman–Crippen MR) is 115 cm³/mol. The van der Waals surface area contributed by atoms with E-state index in [-0.39, 0.29) is 24.7 Å². The van der Waals surface area contributed by atoms with E-state index in [0.29, 0.717) is 5.56 Å². The number of benzene rings is 2. The summed E-state index contributed by atoms with van der Waals surface area (Å²) in [7, 11) is -2.21. The van der Waals surface area contributed by atoms with Crippen molar-refractivity contribution in [3.8, 4) is 11.1 Å². The van der Waals surface area contributed by atoms with E-state index in [9.17, 15) is 18.5 Å². The van der Waals surface area contributed by atoms with Crippen LogP contribution in [0, 0.1) is 26.6 Å². The molecule has 0 aromatic heterocycles. The second kappa shape index (κ2) is 10.1. The summed E-state index contributed by atoms with van der Waals surface area (Å²) in [5.41, 5.74) is 4.86. The monoisotopic (exact) mass is 434 g/mol. The zero-order chi connectivity index (χ0) is 22.5. The molecule has 2 aromatic rings. The van der Waals surface area contributed by atoms with Crippen molar-refractivity contribution >= 4 is 19.1 Å². The SMILES string of the molecule is CCOP(=O)(CC(=O)CC(=O)OC)Cc1c(C)cc(C)cc1-c1ccc(F)c(C)c1. The Balaban J connectivity index is 2.47. The van der Waals surface area contributed by atoms with E-state index in [1.54, 1.807) is 26.0 Å². The van der Waals surface area contributed by atoms with Crippen molar-refractivity contribution in [2.45, 2.75) is 40.3 Å². The van der Waals surface area contributed by atoms with Crippen LogP contribution in [-0.2, 0) is 29.6 Å². The van der Waals surface area contributed by atoms with Gasteiger partial charge in [-0.3, -0.25) is 14.2 Å². The molecule has 30 heavy (non-hydrogen) atoms. The first-order chi connectivity index (χ1) is 14.1. The van der Waals surface area contributed by atoms with Crippen LogP contribution in [0.2, 0.25) is 0 Å². The first kappa shape index (κ1) is 24.0. The van der Waals surface area contributed by atoms with Crippen LogP contribution in [-0.4, -0.2) is 31.6 Å². The second-order valence-corrected chi connectivity index (χ2v) is 9.93. The first-order valence-electron chi connectivity index (χ1n) is 9.76. The molecule has 0 radical (unpaired) electrons. The third kappa shape index (κ3) is 6.10. The molecule has 5 nitrogen and oxygen atoms in total. The topological polar surface area (TPSA) is 69.7 Å². The number of hydrogen-bond acceptors (Lipinski definition) is 5. The van der Waals surface area contributed by atoms with Crippen molar-refractivity contribution in [3.63, 3.8) is 0 Å². The van der Waals surface area contributed by atoms with Crippen molar-refractivity contribution in [2.24, 2.45) is 0 Å². The third-order valence-corrected chi connectivity index (χ3v) is 7.20. The Labute approximate surface area is 177 Å². The minimum absolute atomic E-state index is 0.0472. The molecule has 2 aromatic carbocycles. The van der Waals surface area contributed by atoms with Gasteiger partial charge >= 0.3 is 5.97 Å². The number of ketones is 1. The summed E-state index contributed by atoms with van der Waals surface area (Å²) < 4.78 is 37.4. The molecule has 162 valence electrons. The highest BCUT2D eigenvalue weighted by atomic mass is 31.2. The molecule has 0 saturated carbocycles. The van der Waals surface area contributed by atoms with Gasteiger partial charge in [-0.05, 0) is 67.6 Å². The van der Waals surface area contributed by atoms with Crippen LogP contribution in [0.4, 0.5) is 4.39 Å². The highest BCUT2D eigenvalue weighted by molar-refractivity contribution is 7.59. The molecule has 0 fully saturated rings. The van der Waals surface area contributed by atoms with Crippen LogP contribution in [0.3, 0.4) is 0 Å². The van der Waals surface area contributed by atoms with Gasteiger partial charge in [0.05, 0.1) is 26.0 Å². The fourth-order valence-electron chi connectivity index (χ4n) is 3.46. The van der Waals surface area contributed by atoms with Crippen molar-refractivity contribution in [2.75, 3.05) is 19.9 Å². The van der Waals surface area contributed by atoms with Gasteiger partial charge in [0.1, 0.15) is 12.2 Å². The van der Waals surface area contributed by atoms with E-state index < -0.39 is 25.5 Å². The molecule has 0 saturated heterocycles. The molecular formula is C23H28FO5P. The minimum atomic E-state index is -3.41. The highest BCUT2D eigenvalue weighted by Gasteiger charge is 2.30. The molecule has 0 aliphatic carbocycles. The summed E-state index contributed by atoms with van der Waals surface area (Å²) in [5, 5.41) is 0. The van der Waals surface area contributed by atoms with Gasteiger partial charge in [-0.25, -0.2) is 4.39 Å². The fraction of sp³-hybridized carbons (Fsp3) is 0.391. The van der Waals surface area contributed by atoms with Gasteiger partial charge in [-0.15, -0.1) is 0 Å². The highest BCUT2D eigenvalue weighted by Crippen LogP contribution is 2.52. The normalized spacial score (nSPS) is 13.0. The van der Waals surface area contributed by atoms with Crippen LogP contribution >= 0.6 is 7.37 Å². The second-order valence-electron chi connectivity index (χ2n) is 7.41. The van der Waals surface area contributed by atoms with E-state index in [0.717, 1.165) is 27.8 Å². The molecule has 0 aliphatic heterocycles. The van der Waals surface area contributed by atoms with Crippen molar-refractivity contribution < 1.29 is 27.8 Å². The van der Waals surface area contributed by atoms with E-state index >= 15 is 0 Å². The predicted octanol–water partition coefficient (Wildman–Crippen LogP) is 5.36. The fourth-order valence-corrected chi connectivity index (χ4v) is 5.77. The maximum absolute atomic E-state index is 13.8. The maximum Gasteiger partial charge on any atom is 0.313 e. The van der Waals surface area contributed by atoms with Crippen molar-refractivity contribution in [3.05, 3.63) is 58.4 Å². The lowest BCUT2D eigenvalue weighted by atomic mass is 9.94. The number of hydrogen-bond donors (Lipinski definition) is 0. The quantitative estimate of drug-likeness (QED) is 0.302. The Kier molecular flexibility index (Phi) is 8.10. The largest absolute Gasteiger partial charge is 0.469 e. The van der Waals surface area contributed by atoms with Gasteiger partial charge < -0.3 is 9.26 Å². The lowest BCUT2D eigenvalue weighted by molar-refractivity contribution is -0.142. The molecule has 0 aliphatic rings. The molecule has 0 spiro atoms. The number of aryl methyl sites for hydroxylation is 3. The number of Topliss-reactive ketones (excluding diaryl/α,β-unsaturated/α-hetero) is 1. The molecule has 2 rings (SSSR count). The Hall–Kier alpha value is -2.30. The number of carbonyl (C=O) groups excluding carboxylic acids is 2. The molecule has 1 atom stereocenters. The molecule has 0 heterocycles. The smallest absolute Gasteiger partial charge is 0.313 e. The molecular weight excluding hydrogens is 406 g/mol. The van der Waals surface area contributed by atoms with Gasteiger partial charge in [0.15, 0.2) is 5.78 Å². The maximum atomic E-state index is 13.8. The molecule has 0 amide bonds. The van der Waals surface area contributed by atoms with Gasteiger partial charge in [0.25, 0.3) is 0 Å². The number of methoxy groups -OCH3 is 1. The standard InChI is InChI=1S/C23H28FO5P/c1-6-29-30(27,13-19(25)12-23(26)28-5)14-21-16(3)9-15(2)10-20(21)18-7-8-22(24)17(4)11-18/h7-11H,6,12-14H2,1-5H3. The zero-order valence-corrected chi connectivity index (χ0v) is 19.0. The Morgan fingerprint density at radius 3 is 2.37 bits per heavy atom. The average molecular weight is 434 g/mol. The van der Waals surface area contributed by atoms with Crippen molar-refractivity contribution in [1.29, 1.82) is 0 Å². The van der Waals surface area contributed by atoms with Crippen LogP contribution in [0.5, 0.6) is 0 Å². The van der Waals surface area contributed by atoms with Gasteiger partial charge in [0, 0.05) is 0 Å². The number of esters is 1. The summed E-state index contributed by atoms with van der Waals surface area (Å²) >= 11 is 0. The first-order valence-corrected chi connectivity index (χ1v) is 11.8. The summed E-state index contributed by atoms with van der Waals surface area (Å²) in [5.74, 6) is -1.45. The average Bonchev–Trinajstić information content (AvgIpc) is 2.65.